The molecule has 3 rings (SSSR count). The first kappa shape index (κ1) is 19.5. The zero-order valence-electron chi connectivity index (χ0n) is 14.3. The Hall–Kier alpha value is -1.29. The summed E-state index contributed by atoms with van der Waals surface area (Å²) >= 11 is 4.88. The monoisotopic (exact) mass is 457 g/mol. The molecular formula is C17H20BrN3O3S2. The van der Waals surface area contributed by atoms with Gasteiger partial charge < -0.3 is 5.32 Å². The van der Waals surface area contributed by atoms with Crippen molar-refractivity contribution in [3.05, 3.63) is 44.8 Å². The molecular weight excluding hydrogens is 438 g/mol. The molecule has 0 spiro atoms. The summed E-state index contributed by atoms with van der Waals surface area (Å²) in [7, 11) is -3.68. The van der Waals surface area contributed by atoms with E-state index >= 15 is 0 Å². The van der Waals surface area contributed by atoms with Gasteiger partial charge in [-0.1, -0.05) is 15.9 Å². The van der Waals surface area contributed by atoms with Crippen LogP contribution in [0.4, 0.5) is 0 Å². The number of thiazole rings is 1. The van der Waals surface area contributed by atoms with E-state index in [1.807, 2.05) is 12.3 Å². The number of hydrogen-bond donors (Lipinski definition) is 1. The molecule has 1 amide bonds. The van der Waals surface area contributed by atoms with Gasteiger partial charge in [0.15, 0.2) is 0 Å². The van der Waals surface area contributed by atoms with Gasteiger partial charge >= 0.3 is 0 Å². The highest BCUT2D eigenvalue weighted by Gasteiger charge is 2.39. The second-order valence-electron chi connectivity index (χ2n) is 6.13. The van der Waals surface area contributed by atoms with E-state index in [0.717, 1.165) is 15.2 Å². The lowest BCUT2D eigenvalue weighted by atomic mass is 10.2. The van der Waals surface area contributed by atoms with Crippen molar-refractivity contribution in [2.45, 2.75) is 37.1 Å². The summed E-state index contributed by atoms with van der Waals surface area (Å²) in [4.78, 5) is 17.1. The number of nitrogens with zero attached hydrogens (tertiary/aromatic N) is 2. The van der Waals surface area contributed by atoms with E-state index in [1.54, 1.807) is 35.6 Å². The van der Waals surface area contributed by atoms with Crippen LogP contribution in [0.5, 0.6) is 0 Å². The van der Waals surface area contributed by atoms with E-state index in [0.29, 0.717) is 32.4 Å². The Morgan fingerprint density at radius 1 is 1.38 bits per heavy atom. The molecule has 26 heavy (non-hydrogen) atoms. The van der Waals surface area contributed by atoms with Crippen molar-refractivity contribution in [2.24, 2.45) is 0 Å². The van der Waals surface area contributed by atoms with Crippen LogP contribution in [0.2, 0.25) is 0 Å². The second-order valence-corrected chi connectivity index (χ2v) is 10.00. The molecule has 9 heteroatoms. The first-order valence-electron chi connectivity index (χ1n) is 8.34. The molecule has 1 atom stereocenters. The number of benzene rings is 1. The Morgan fingerprint density at radius 3 is 2.77 bits per heavy atom. The molecule has 1 aliphatic rings. The summed E-state index contributed by atoms with van der Waals surface area (Å²) in [6.07, 6.45) is 1.86. The fraction of sp³-hybridized carbons (Fsp3) is 0.412. The fourth-order valence-corrected chi connectivity index (χ4v) is 5.55. The van der Waals surface area contributed by atoms with Crippen LogP contribution in [-0.2, 0) is 21.2 Å². The molecule has 2 heterocycles. The number of aromatic nitrogens is 1. The highest BCUT2D eigenvalue weighted by Crippen LogP contribution is 2.27. The van der Waals surface area contributed by atoms with E-state index in [2.05, 4.69) is 26.2 Å². The molecule has 1 aromatic heterocycles. The number of nitrogens with one attached hydrogen (secondary N) is 1. The largest absolute Gasteiger partial charge is 0.354 e. The van der Waals surface area contributed by atoms with Gasteiger partial charge in [-0.25, -0.2) is 13.4 Å². The lowest BCUT2D eigenvalue weighted by Gasteiger charge is -2.23. The topological polar surface area (TPSA) is 79.4 Å². The van der Waals surface area contributed by atoms with Crippen molar-refractivity contribution < 1.29 is 13.2 Å². The molecule has 1 aromatic carbocycles. The first-order chi connectivity index (χ1) is 12.4. The number of sulfonamides is 1. The van der Waals surface area contributed by atoms with Gasteiger partial charge in [0.2, 0.25) is 15.9 Å². The predicted molar refractivity (Wildman–Crippen MR) is 105 cm³/mol. The third kappa shape index (κ3) is 4.33. The van der Waals surface area contributed by atoms with Gasteiger partial charge in [0, 0.05) is 29.4 Å². The third-order valence-electron chi connectivity index (χ3n) is 4.27. The van der Waals surface area contributed by atoms with Crippen molar-refractivity contribution in [3.63, 3.8) is 0 Å². The van der Waals surface area contributed by atoms with Gasteiger partial charge in [-0.2, -0.15) is 4.31 Å². The summed E-state index contributed by atoms with van der Waals surface area (Å²) in [5.41, 5.74) is 0.943. The van der Waals surface area contributed by atoms with Crippen molar-refractivity contribution in [2.75, 3.05) is 13.1 Å². The minimum Gasteiger partial charge on any atom is -0.354 e. The summed E-state index contributed by atoms with van der Waals surface area (Å²) in [6.45, 7) is 2.75. The van der Waals surface area contributed by atoms with E-state index in [-0.39, 0.29) is 10.8 Å². The molecule has 0 saturated carbocycles. The molecule has 1 saturated heterocycles. The van der Waals surface area contributed by atoms with Gasteiger partial charge in [0.1, 0.15) is 6.04 Å². The highest BCUT2D eigenvalue weighted by atomic mass is 79.9. The molecule has 0 aliphatic carbocycles. The normalized spacial score (nSPS) is 18.2. The standard InChI is InChI=1S/C17H20BrN3O3S2/c1-12-20-14(11-25-12)8-9-19-17(22)16-3-2-10-21(16)26(23,24)15-6-4-13(18)5-7-15/h4-7,11,16H,2-3,8-10H2,1H3,(H,19,22)/t16-/m1/s1. The molecule has 0 unspecified atom stereocenters. The second kappa shape index (κ2) is 8.16. The van der Waals surface area contributed by atoms with Crippen LogP contribution in [0.3, 0.4) is 0 Å². The average Bonchev–Trinajstić information content (AvgIpc) is 3.24. The zero-order chi connectivity index (χ0) is 18.7. The minimum absolute atomic E-state index is 0.207. The number of aryl methyl sites for hydroxylation is 1. The maximum Gasteiger partial charge on any atom is 0.243 e. The molecule has 2 aromatic rings. The van der Waals surface area contributed by atoms with E-state index in [9.17, 15) is 13.2 Å². The van der Waals surface area contributed by atoms with E-state index < -0.39 is 16.1 Å². The van der Waals surface area contributed by atoms with Crippen LogP contribution < -0.4 is 5.32 Å². The van der Waals surface area contributed by atoms with Crippen molar-refractivity contribution in [1.29, 1.82) is 0 Å². The maximum atomic E-state index is 12.9. The Balaban J connectivity index is 1.65. The molecule has 1 N–H and O–H groups in total. The molecule has 1 aliphatic heterocycles. The molecule has 0 bridgehead atoms. The number of hydrogen-bond acceptors (Lipinski definition) is 5. The fourth-order valence-electron chi connectivity index (χ4n) is 2.99. The van der Waals surface area contributed by atoms with E-state index in [1.165, 1.54) is 4.31 Å². The zero-order valence-corrected chi connectivity index (χ0v) is 17.5. The summed E-state index contributed by atoms with van der Waals surface area (Å²) in [5, 5.41) is 5.82. The van der Waals surface area contributed by atoms with Gasteiger partial charge in [0.05, 0.1) is 15.6 Å². The van der Waals surface area contributed by atoms with Gasteiger partial charge in [-0.05, 0) is 44.0 Å². The Bertz CT molecular complexity index is 881. The number of amides is 1. The summed E-state index contributed by atoms with van der Waals surface area (Å²) in [6, 6.07) is 5.83. The number of carbonyl (C=O) groups is 1. The van der Waals surface area contributed by atoms with Crippen molar-refractivity contribution >= 4 is 43.2 Å². The SMILES string of the molecule is Cc1nc(CCNC(=O)[C@H]2CCCN2S(=O)(=O)c2ccc(Br)cc2)cs1. The lowest BCUT2D eigenvalue weighted by Crippen LogP contribution is -2.46. The van der Waals surface area contributed by atoms with Gasteiger partial charge in [-0.15, -0.1) is 11.3 Å². The Labute approximate surface area is 165 Å². The van der Waals surface area contributed by atoms with Crippen LogP contribution in [0.15, 0.2) is 39.0 Å². The quantitative estimate of drug-likeness (QED) is 0.722. The third-order valence-corrected chi connectivity index (χ3v) is 7.55. The number of halogens is 1. The number of carbonyl (C=O) groups excluding carboxylic acids is 1. The summed E-state index contributed by atoms with van der Waals surface area (Å²) < 4.78 is 27.9. The van der Waals surface area contributed by atoms with Gasteiger partial charge in [-0.3, -0.25) is 4.79 Å². The smallest absolute Gasteiger partial charge is 0.243 e. The molecule has 1 fully saturated rings. The van der Waals surface area contributed by atoms with Crippen molar-refractivity contribution in [3.8, 4) is 0 Å². The van der Waals surface area contributed by atoms with Crippen LogP contribution >= 0.6 is 27.3 Å². The Kier molecular flexibility index (Phi) is 6.11. The van der Waals surface area contributed by atoms with Crippen LogP contribution in [0.25, 0.3) is 0 Å². The number of rotatable bonds is 6. The molecule has 6 nitrogen and oxygen atoms in total. The molecule has 0 radical (unpaired) electrons. The maximum absolute atomic E-state index is 12.9. The van der Waals surface area contributed by atoms with Crippen LogP contribution in [0.1, 0.15) is 23.5 Å². The predicted octanol–water partition coefficient (Wildman–Crippen LogP) is 2.73. The highest BCUT2D eigenvalue weighted by molar-refractivity contribution is 9.10. The van der Waals surface area contributed by atoms with E-state index in [4.69, 9.17) is 0 Å². The Morgan fingerprint density at radius 2 is 2.12 bits per heavy atom. The minimum atomic E-state index is -3.68. The average molecular weight is 458 g/mol. The van der Waals surface area contributed by atoms with Crippen molar-refractivity contribution in [1.82, 2.24) is 14.6 Å². The van der Waals surface area contributed by atoms with Gasteiger partial charge in [0.25, 0.3) is 0 Å². The first-order valence-corrected chi connectivity index (χ1v) is 11.5. The summed E-state index contributed by atoms with van der Waals surface area (Å²) in [5.74, 6) is -0.241. The van der Waals surface area contributed by atoms with Crippen LogP contribution in [0, 0.1) is 6.92 Å². The lowest BCUT2D eigenvalue weighted by molar-refractivity contribution is -0.124. The molecule has 140 valence electrons. The van der Waals surface area contributed by atoms with Crippen LogP contribution in [-0.4, -0.2) is 42.7 Å².